The second-order valence-corrected chi connectivity index (χ2v) is 7.88. The number of sulfonamides is 1. The molecule has 0 radical (unpaired) electrons. The number of non-ortho nitro benzene ring substituents is 1. The van der Waals surface area contributed by atoms with Crippen LogP contribution in [0.5, 0.6) is 0 Å². The van der Waals surface area contributed by atoms with Gasteiger partial charge in [-0.1, -0.05) is 0 Å². The quantitative estimate of drug-likeness (QED) is 0.574. The summed E-state index contributed by atoms with van der Waals surface area (Å²) < 4.78 is 33.6. The molecule has 0 spiro atoms. The molecule has 3 heterocycles. The van der Waals surface area contributed by atoms with E-state index < -0.39 is 27.2 Å². The van der Waals surface area contributed by atoms with Crippen molar-refractivity contribution in [3.63, 3.8) is 0 Å². The molecule has 4 rings (SSSR count). The Balaban J connectivity index is 1.79. The van der Waals surface area contributed by atoms with Crippen LogP contribution in [0.4, 0.5) is 17.3 Å². The highest BCUT2D eigenvalue weighted by Gasteiger charge is 2.48. The third-order valence-corrected chi connectivity index (χ3v) is 6.45. The summed E-state index contributed by atoms with van der Waals surface area (Å²) in [7, 11) is -2.29. The minimum atomic E-state index is -3.97. The SMILES string of the molecule is CNc1ncnc2c1C1OC[C@@H](CN2)N1S(=O)(=O)c1ccc([N+](=O)[O-])cc1. The van der Waals surface area contributed by atoms with Crippen LogP contribution in [0, 0.1) is 10.1 Å². The van der Waals surface area contributed by atoms with Gasteiger partial charge in [0.05, 0.1) is 28.0 Å². The average molecular weight is 392 g/mol. The summed E-state index contributed by atoms with van der Waals surface area (Å²) in [5.74, 6) is 0.967. The highest BCUT2D eigenvalue weighted by Crippen LogP contribution is 2.43. The van der Waals surface area contributed by atoms with Crippen molar-refractivity contribution in [3.8, 4) is 0 Å². The number of nitro benzene ring substituents is 1. The van der Waals surface area contributed by atoms with E-state index in [-0.39, 0.29) is 17.2 Å². The lowest BCUT2D eigenvalue weighted by atomic mass is 10.2. The van der Waals surface area contributed by atoms with E-state index in [1.165, 1.54) is 34.9 Å². The first-order valence-electron chi connectivity index (χ1n) is 8.09. The zero-order valence-electron chi connectivity index (χ0n) is 14.2. The van der Waals surface area contributed by atoms with Crippen LogP contribution in [0.25, 0.3) is 0 Å². The highest BCUT2D eigenvalue weighted by molar-refractivity contribution is 7.89. The van der Waals surface area contributed by atoms with Crippen LogP contribution in [0.2, 0.25) is 0 Å². The third-order valence-electron chi connectivity index (χ3n) is 4.53. The fourth-order valence-corrected chi connectivity index (χ4v) is 4.94. The minimum Gasteiger partial charge on any atom is -0.373 e. The Labute approximate surface area is 154 Å². The molecule has 2 aliphatic rings. The van der Waals surface area contributed by atoms with Gasteiger partial charge in [0.25, 0.3) is 5.69 Å². The number of nitrogens with zero attached hydrogens (tertiary/aromatic N) is 4. The lowest BCUT2D eigenvalue weighted by Crippen LogP contribution is -2.40. The monoisotopic (exact) mass is 392 g/mol. The molecule has 1 aromatic heterocycles. The zero-order chi connectivity index (χ0) is 19.2. The summed E-state index contributed by atoms with van der Waals surface area (Å²) in [6.45, 7) is 0.525. The van der Waals surface area contributed by atoms with Gasteiger partial charge in [-0.2, -0.15) is 4.31 Å². The number of hydrogen-bond acceptors (Lipinski definition) is 9. The fraction of sp³-hybridized carbons (Fsp3) is 0.333. The number of rotatable bonds is 4. The van der Waals surface area contributed by atoms with Gasteiger partial charge in [0, 0.05) is 25.7 Å². The minimum absolute atomic E-state index is 0.0418. The van der Waals surface area contributed by atoms with Crippen molar-refractivity contribution in [2.75, 3.05) is 30.8 Å². The Bertz CT molecular complexity index is 996. The highest BCUT2D eigenvalue weighted by atomic mass is 32.2. The molecule has 1 aromatic carbocycles. The van der Waals surface area contributed by atoms with Gasteiger partial charge in [-0.25, -0.2) is 18.4 Å². The molecule has 2 aromatic rings. The molecule has 11 nitrogen and oxygen atoms in total. The Kier molecular flexibility index (Phi) is 4.17. The van der Waals surface area contributed by atoms with Gasteiger partial charge in [0.15, 0.2) is 6.23 Å². The summed E-state index contributed by atoms with van der Waals surface area (Å²) in [6, 6.07) is 4.34. The van der Waals surface area contributed by atoms with E-state index in [4.69, 9.17) is 4.74 Å². The molecule has 2 N–H and O–H groups in total. The van der Waals surface area contributed by atoms with Crippen LogP contribution in [-0.2, 0) is 14.8 Å². The second-order valence-electron chi connectivity index (χ2n) is 6.04. The first kappa shape index (κ1) is 17.6. The number of nitrogens with one attached hydrogen (secondary N) is 2. The first-order valence-corrected chi connectivity index (χ1v) is 9.53. The Morgan fingerprint density at radius 3 is 2.74 bits per heavy atom. The van der Waals surface area contributed by atoms with Crippen LogP contribution in [-0.4, -0.2) is 53.9 Å². The summed E-state index contributed by atoms with van der Waals surface area (Å²) in [4.78, 5) is 18.5. The maximum absolute atomic E-state index is 13.3. The second kappa shape index (κ2) is 6.40. The molecule has 27 heavy (non-hydrogen) atoms. The van der Waals surface area contributed by atoms with Gasteiger partial charge in [0.1, 0.15) is 18.0 Å². The molecule has 12 heteroatoms. The van der Waals surface area contributed by atoms with E-state index in [0.717, 1.165) is 0 Å². The van der Waals surface area contributed by atoms with Crippen LogP contribution in [0.3, 0.4) is 0 Å². The lowest BCUT2D eigenvalue weighted by Gasteiger charge is -2.25. The standard InChI is InChI=1S/C15H16N6O5S/c1-16-13-12-14(19-8-18-13)17-6-10-7-26-15(12)20(10)27(24,25)11-4-2-9(3-5-11)21(22)23/h2-5,8,10,15H,6-7H2,1H3,(H2,16,17,18,19)/t10-,15?/m1/s1. The van der Waals surface area contributed by atoms with Crippen LogP contribution in [0.15, 0.2) is 35.5 Å². The number of ether oxygens (including phenoxy) is 1. The summed E-state index contributed by atoms with van der Waals surface area (Å²) in [5, 5.41) is 16.9. The van der Waals surface area contributed by atoms with Gasteiger partial charge < -0.3 is 15.4 Å². The third kappa shape index (κ3) is 2.78. The molecular weight excluding hydrogens is 376 g/mol. The number of nitro groups is 1. The van der Waals surface area contributed by atoms with Crippen molar-refractivity contribution in [2.45, 2.75) is 17.2 Å². The fourth-order valence-electron chi connectivity index (χ4n) is 3.27. The molecule has 1 saturated heterocycles. The van der Waals surface area contributed by atoms with Gasteiger partial charge in [0.2, 0.25) is 10.0 Å². The van der Waals surface area contributed by atoms with Gasteiger partial charge in [-0.05, 0) is 12.1 Å². The van der Waals surface area contributed by atoms with Crippen LogP contribution >= 0.6 is 0 Å². The van der Waals surface area contributed by atoms with Crippen LogP contribution in [0.1, 0.15) is 11.8 Å². The maximum Gasteiger partial charge on any atom is 0.269 e. The predicted octanol–water partition coefficient (Wildman–Crippen LogP) is 0.940. The van der Waals surface area contributed by atoms with Crippen molar-refractivity contribution < 1.29 is 18.1 Å². The molecule has 2 atom stereocenters. The van der Waals surface area contributed by atoms with E-state index >= 15 is 0 Å². The van der Waals surface area contributed by atoms with E-state index in [9.17, 15) is 18.5 Å². The largest absolute Gasteiger partial charge is 0.373 e. The summed E-state index contributed by atoms with van der Waals surface area (Å²) in [6.07, 6.45) is 0.482. The van der Waals surface area contributed by atoms with Gasteiger partial charge >= 0.3 is 0 Å². The van der Waals surface area contributed by atoms with Gasteiger partial charge in [-0.3, -0.25) is 10.1 Å². The lowest BCUT2D eigenvalue weighted by molar-refractivity contribution is -0.384. The normalized spacial score (nSPS) is 21.8. The van der Waals surface area contributed by atoms with E-state index in [1.54, 1.807) is 7.05 Å². The van der Waals surface area contributed by atoms with Crippen molar-refractivity contribution in [1.82, 2.24) is 14.3 Å². The Morgan fingerprint density at radius 2 is 2.07 bits per heavy atom. The summed E-state index contributed by atoms with van der Waals surface area (Å²) >= 11 is 0. The van der Waals surface area contributed by atoms with E-state index in [0.29, 0.717) is 23.7 Å². The number of anilines is 2. The predicted molar refractivity (Wildman–Crippen MR) is 94.7 cm³/mol. The van der Waals surface area contributed by atoms with E-state index in [2.05, 4.69) is 20.6 Å². The first-order chi connectivity index (χ1) is 12.9. The van der Waals surface area contributed by atoms with Crippen molar-refractivity contribution in [3.05, 3.63) is 46.3 Å². The summed E-state index contributed by atoms with van der Waals surface area (Å²) in [5.41, 5.74) is 0.326. The number of aromatic nitrogens is 2. The average Bonchev–Trinajstić information content (AvgIpc) is 3.01. The van der Waals surface area contributed by atoms with Gasteiger partial charge in [-0.15, -0.1) is 0 Å². The van der Waals surface area contributed by atoms with Crippen molar-refractivity contribution in [2.24, 2.45) is 0 Å². The number of fused-ring (bicyclic) bond motifs is 4. The molecule has 0 amide bonds. The smallest absolute Gasteiger partial charge is 0.269 e. The topological polar surface area (TPSA) is 140 Å². The van der Waals surface area contributed by atoms with E-state index in [1.807, 2.05) is 0 Å². The molecule has 2 bridgehead atoms. The van der Waals surface area contributed by atoms with Crippen molar-refractivity contribution >= 4 is 27.3 Å². The molecule has 1 unspecified atom stereocenters. The molecule has 0 aliphatic carbocycles. The maximum atomic E-state index is 13.3. The Hall–Kier alpha value is -2.83. The molecule has 142 valence electrons. The van der Waals surface area contributed by atoms with Crippen molar-refractivity contribution in [1.29, 1.82) is 0 Å². The molecule has 1 fully saturated rings. The number of benzene rings is 1. The molecular formula is C15H16N6O5S. The van der Waals surface area contributed by atoms with Crippen LogP contribution < -0.4 is 10.6 Å². The number of hydrogen-bond donors (Lipinski definition) is 2. The zero-order valence-corrected chi connectivity index (χ0v) is 15.0. The molecule has 0 saturated carbocycles. The Morgan fingerprint density at radius 1 is 1.33 bits per heavy atom. The molecule has 2 aliphatic heterocycles.